The van der Waals surface area contributed by atoms with Crippen molar-refractivity contribution in [2.45, 2.75) is 6.92 Å². The fourth-order valence-corrected chi connectivity index (χ4v) is 2.35. The van der Waals surface area contributed by atoms with Crippen LogP contribution in [0, 0.1) is 0 Å². The molecule has 1 aromatic heterocycles. The van der Waals surface area contributed by atoms with Crippen LogP contribution in [0.25, 0.3) is 0 Å². The average molecular weight is 335 g/mol. The molecule has 2 rings (SSSR count). The molecule has 0 aliphatic rings. The molecule has 2 N–H and O–H groups in total. The van der Waals surface area contributed by atoms with Gasteiger partial charge in [-0.15, -0.1) is 0 Å². The first-order valence-electron chi connectivity index (χ1n) is 6.85. The van der Waals surface area contributed by atoms with E-state index < -0.39 is 16.0 Å². The van der Waals surface area contributed by atoms with E-state index >= 15 is 0 Å². The molecule has 0 radical (unpaired) electrons. The Kier molecular flexibility index (Phi) is 5.17. The zero-order valence-corrected chi connectivity index (χ0v) is 13.6. The van der Waals surface area contributed by atoms with Crippen molar-refractivity contribution in [1.82, 2.24) is 4.98 Å². The molecule has 8 heteroatoms. The van der Waals surface area contributed by atoms with Crippen LogP contribution < -0.4 is 10.0 Å². The second kappa shape index (κ2) is 7.10. The third-order valence-electron chi connectivity index (χ3n) is 2.98. The summed E-state index contributed by atoms with van der Waals surface area (Å²) < 4.78 is 30.0. The minimum Gasteiger partial charge on any atom is -0.465 e. The standard InChI is InChI=1S/C15H17N3O4S/c1-3-23(20,21)18-14-8-7-13(10-16-14)17-12-6-4-5-11(9-12)15(19)22-2/h4-10,17H,3H2,1-2H3,(H,16,18). The highest BCUT2D eigenvalue weighted by Gasteiger charge is 2.08. The largest absolute Gasteiger partial charge is 0.465 e. The Labute approximate surface area is 134 Å². The molecular weight excluding hydrogens is 318 g/mol. The van der Waals surface area contributed by atoms with Gasteiger partial charge in [-0.25, -0.2) is 18.2 Å². The summed E-state index contributed by atoms with van der Waals surface area (Å²) in [7, 11) is -2.02. The lowest BCUT2D eigenvalue weighted by atomic mass is 10.2. The summed E-state index contributed by atoms with van der Waals surface area (Å²) in [5, 5.41) is 3.08. The zero-order chi connectivity index (χ0) is 16.9. The first-order chi connectivity index (χ1) is 10.9. The Bertz CT molecular complexity index is 789. The van der Waals surface area contributed by atoms with Gasteiger partial charge in [0.25, 0.3) is 0 Å². The van der Waals surface area contributed by atoms with Crippen LogP contribution in [-0.4, -0.2) is 32.2 Å². The van der Waals surface area contributed by atoms with Gasteiger partial charge in [0.15, 0.2) is 0 Å². The van der Waals surface area contributed by atoms with E-state index in [1.54, 1.807) is 43.3 Å². The molecule has 2 aromatic rings. The van der Waals surface area contributed by atoms with Gasteiger partial charge < -0.3 is 10.1 Å². The summed E-state index contributed by atoms with van der Waals surface area (Å²) in [6.45, 7) is 1.55. The Morgan fingerprint density at radius 1 is 1.22 bits per heavy atom. The lowest BCUT2D eigenvalue weighted by molar-refractivity contribution is 0.0601. The highest BCUT2D eigenvalue weighted by Crippen LogP contribution is 2.19. The van der Waals surface area contributed by atoms with Gasteiger partial charge in [-0.3, -0.25) is 4.72 Å². The highest BCUT2D eigenvalue weighted by atomic mass is 32.2. The van der Waals surface area contributed by atoms with Crippen molar-refractivity contribution >= 4 is 33.2 Å². The zero-order valence-electron chi connectivity index (χ0n) is 12.7. The number of aromatic nitrogens is 1. The number of pyridine rings is 1. The Balaban J connectivity index is 2.11. The fourth-order valence-electron chi connectivity index (χ4n) is 1.77. The number of esters is 1. The molecule has 0 amide bonds. The number of methoxy groups -OCH3 is 1. The minimum atomic E-state index is -3.35. The molecule has 0 unspecified atom stereocenters. The van der Waals surface area contributed by atoms with Gasteiger partial charge in [0.2, 0.25) is 10.0 Å². The number of benzene rings is 1. The monoisotopic (exact) mass is 335 g/mol. The van der Waals surface area contributed by atoms with Crippen LogP contribution >= 0.6 is 0 Å². The molecule has 23 heavy (non-hydrogen) atoms. The van der Waals surface area contributed by atoms with E-state index in [0.717, 1.165) is 0 Å². The number of nitrogens with one attached hydrogen (secondary N) is 2. The summed E-state index contributed by atoms with van der Waals surface area (Å²) in [4.78, 5) is 15.5. The van der Waals surface area contributed by atoms with Gasteiger partial charge in [-0.1, -0.05) is 6.07 Å². The normalized spacial score (nSPS) is 10.9. The smallest absolute Gasteiger partial charge is 0.337 e. The lowest BCUT2D eigenvalue weighted by Crippen LogP contribution is -2.15. The second-order valence-corrected chi connectivity index (χ2v) is 6.65. The Morgan fingerprint density at radius 3 is 2.61 bits per heavy atom. The van der Waals surface area contributed by atoms with E-state index in [4.69, 9.17) is 0 Å². The summed E-state index contributed by atoms with van der Waals surface area (Å²) in [6.07, 6.45) is 1.50. The molecule has 0 saturated carbocycles. The number of nitrogens with zero attached hydrogens (tertiary/aromatic N) is 1. The van der Waals surface area contributed by atoms with E-state index in [9.17, 15) is 13.2 Å². The number of carbonyl (C=O) groups is 1. The molecule has 7 nitrogen and oxygen atoms in total. The Hall–Kier alpha value is -2.61. The number of carbonyl (C=O) groups excluding carboxylic acids is 1. The van der Waals surface area contributed by atoms with Crippen molar-refractivity contribution in [2.75, 3.05) is 22.9 Å². The van der Waals surface area contributed by atoms with Crippen LogP contribution in [0.1, 0.15) is 17.3 Å². The molecule has 0 atom stereocenters. The maximum atomic E-state index is 11.5. The van der Waals surface area contributed by atoms with E-state index in [1.165, 1.54) is 13.3 Å². The molecule has 0 bridgehead atoms. The van der Waals surface area contributed by atoms with Crippen molar-refractivity contribution in [3.8, 4) is 0 Å². The predicted octanol–water partition coefficient (Wildman–Crippen LogP) is 2.37. The number of ether oxygens (including phenoxy) is 1. The molecule has 0 saturated heterocycles. The van der Waals surface area contributed by atoms with Crippen molar-refractivity contribution in [2.24, 2.45) is 0 Å². The average Bonchev–Trinajstić information content (AvgIpc) is 2.56. The summed E-state index contributed by atoms with van der Waals surface area (Å²) in [6, 6.07) is 10.1. The van der Waals surface area contributed by atoms with Crippen LogP contribution in [0.2, 0.25) is 0 Å². The maximum absolute atomic E-state index is 11.5. The number of hydrogen-bond acceptors (Lipinski definition) is 6. The topological polar surface area (TPSA) is 97.4 Å². The molecule has 122 valence electrons. The van der Waals surface area contributed by atoms with E-state index in [0.29, 0.717) is 16.9 Å². The van der Waals surface area contributed by atoms with Crippen LogP contribution in [0.4, 0.5) is 17.2 Å². The van der Waals surface area contributed by atoms with Gasteiger partial charge in [-0.05, 0) is 37.3 Å². The fraction of sp³-hybridized carbons (Fsp3) is 0.200. The maximum Gasteiger partial charge on any atom is 0.337 e. The first-order valence-corrected chi connectivity index (χ1v) is 8.50. The highest BCUT2D eigenvalue weighted by molar-refractivity contribution is 7.92. The van der Waals surface area contributed by atoms with Crippen LogP contribution in [0.15, 0.2) is 42.6 Å². The molecule has 1 aromatic carbocycles. The van der Waals surface area contributed by atoms with Gasteiger partial charge >= 0.3 is 5.97 Å². The van der Waals surface area contributed by atoms with Crippen LogP contribution in [0.5, 0.6) is 0 Å². The quantitative estimate of drug-likeness (QED) is 0.787. The molecule has 0 spiro atoms. The SMILES string of the molecule is CCS(=O)(=O)Nc1ccc(Nc2cccc(C(=O)OC)c2)cn1. The number of sulfonamides is 1. The number of anilines is 3. The van der Waals surface area contributed by atoms with Crippen molar-refractivity contribution in [3.05, 3.63) is 48.2 Å². The van der Waals surface area contributed by atoms with Gasteiger partial charge in [-0.2, -0.15) is 0 Å². The van der Waals surface area contributed by atoms with Crippen LogP contribution in [0.3, 0.4) is 0 Å². The van der Waals surface area contributed by atoms with Crippen molar-refractivity contribution in [1.29, 1.82) is 0 Å². The predicted molar refractivity (Wildman–Crippen MR) is 88.4 cm³/mol. The lowest BCUT2D eigenvalue weighted by Gasteiger charge is -2.09. The number of rotatable bonds is 6. The molecule has 0 aliphatic heterocycles. The van der Waals surface area contributed by atoms with Gasteiger partial charge in [0, 0.05) is 5.69 Å². The summed E-state index contributed by atoms with van der Waals surface area (Å²) in [5.41, 5.74) is 1.78. The van der Waals surface area contributed by atoms with Crippen LogP contribution in [-0.2, 0) is 14.8 Å². The van der Waals surface area contributed by atoms with E-state index in [-0.39, 0.29) is 11.6 Å². The third kappa shape index (κ3) is 4.68. The molecule has 0 aliphatic carbocycles. The summed E-state index contributed by atoms with van der Waals surface area (Å²) >= 11 is 0. The molecule has 1 heterocycles. The summed E-state index contributed by atoms with van der Waals surface area (Å²) in [5.74, 6) is -0.188. The Morgan fingerprint density at radius 2 is 2.00 bits per heavy atom. The molecular formula is C15H17N3O4S. The van der Waals surface area contributed by atoms with E-state index in [2.05, 4.69) is 19.8 Å². The van der Waals surface area contributed by atoms with Crippen molar-refractivity contribution < 1.29 is 17.9 Å². The second-order valence-electron chi connectivity index (χ2n) is 4.63. The minimum absolute atomic E-state index is 0.0188. The third-order valence-corrected chi connectivity index (χ3v) is 4.26. The first kappa shape index (κ1) is 16.8. The van der Waals surface area contributed by atoms with Crippen molar-refractivity contribution in [3.63, 3.8) is 0 Å². The van der Waals surface area contributed by atoms with Gasteiger partial charge in [0.05, 0.1) is 30.3 Å². The number of hydrogen-bond donors (Lipinski definition) is 2. The molecule has 0 fully saturated rings. The van der Waals surface area contributed by atoms with E-state index in [1.807, 2.05) is 0 Å². The van der Waals surface area contributed by atoms with Gasteiger partial charge in [0.1, 0.15) is 5.82 Å².